The lowest BCUT2D eigenvalue weighted by Gasteiger charge is -2.22. The molecule has 1 unspecified atom stereocenters. The predicted octanol–water partition coefficient (Wildman–Crippen LogP) is 1.75. The van der Waals surface area contributed by atoms with E-state index in [0.29, 0.717) is 12.4 Å². The normalized spacial score (nSPS) is 20.5. The first-order chi connectivity index (χ1) is 8.41. The number of hydrogen-bond acceptors (Lipinski definition) is 5. The second kappa shape index (κ2) is 7.01. The Morgan fingerprint density at radius 3 is 2.72 bits per heavy atom. The minimum atomic E-state index is -4.76. The molecule has 0 bridgehead atoms. The number of rotatable bonds is 5. The Hall–Kier alpha value is -0.730. The number of hydrogen-bond donors (Lipinski definition) is 0. The summed E-state index contributed by atoms with van der Waals surface area (Å²) < 4.78 is 50.9. The highest BCUT2D eigenvalue weighted by molar-refractivity contribution is 7.99. The highest BCUT2D eigenvalue weighted by Crippen LogP contribution is 2.24. The van der Waals surface area contributed by atoms with Gasteiger partial charge in [0.2, 0.25) is 0 Å². The zero-order chi connectivity index (χ0) is 13.6. The maximum absolute atomic E-state index is 12.0. The molecule has 0 aromatic carbocycles. The molecule has 0 aromatic rings. The zero-order valence-electron chi connectivity index (χ0n) is 9.50. The summed E-state index contributed by atoms with van der Waals surface area (Å²) in [5.74, 6) is 0.0637. The Bertz CT molecular complexity index is 300. The van der Waals surface area contributed by atoms with Gasteiger partial charge in [0.1, 0.15) is 12.2 Å². The van der Waals surface area contributed by atoms with Crippen LogP contribution < -0.4 is 0 Å². The third-order valence-corrected chi connectivity index (χ3v) is 2.96. The summed E-state index contributed by atoms with van der Waals surface area (Å²) in [6.45, 7) is 2.92. The molecule has 0 saturated carbocycles. The van der Waals surface area contributed by atoms with Crippen molar-refractivity contribution in [1.82, 2.24) is 0 Å². The van der Waals surface area contributed by atoms with Gasteiger partial charge in [0.15, 0.2) is 6.29 Å². The minimum absolute atomic E-state index is 0.0118. The molecule has 1 aliphatic rings. The highest BCUT2D eigenvalue weighted by Gasteiger charge is 2.37. The lowest BCUT2D eigenvalue weighted by atomic mass is 10.3. The largest absolute Gasteiger partial charge is 0.460 e. The van der Waals surface area contributed by atoms with Gasteiger partial charge in [-0.05, 0) is 0 Å². The molecule has 0 amide bonds. The van der Waals surface area contributed by atoms with Gasteiger partial charge in [-0.1, -0.05) is 6.58 Å². The topological polar surface area (TPSA) is 44.8 Å². The Balaban J connectivity index is 2.14. The fourth-order valence-corrected chi connectivity index (χ4v) is 1.84. The maximum Gasteiger partial charge on any atom is 0.422 e. The van der Waals surface area contributed by atoms with Crippen LogP contribution in [-0.2, 0) is 19.0 Å². The lowest BCUT2D eigenvalue weighted by molar-refractivity contribution is -0.159. The Labute approximate surface area is 106 Å². The first-order valence-corrected chi connectivity index (χ1v) is 6.31. The summed E-state index contributed by atoms with van der Waals surface area (Å²) in [5.41, 5.74) is -1.52. The molecular formula is C10H13F3O4S. The summed E-state index contributed by atoms with van der Waals surface area (Å²) in [6.07, 6.45) is -5.16. The summed E-state index contributed by atoms with van der Waals surface area (Å²) in [6, 6.07) is 0. The van der Waals surface area contributed by atoms with Crippen LogP contribution in [-0.4, -0.2) is 49.8 Å². The van der Waals surface area contributed by atoms with Crippen LogP contribution in [0.2, 0.25) is 0 Å². The van der Waals surface area contributed by atoms with Gasteiger partial charge in [-0.2, -0.15) is 24.9 Å². The quantitative estimate of drug-likeness (QED) is 0.438. The van der Waals surface area contributed by atoms with E-state index in [1.54, 1.807) is 11.8 Å². The van der Waals surface area contributed by atoms with Crippen molar-refractivity contribution >= 4 is 17.7 Å². The van der Waals surface area contributed by atoms with Gasteiger partial charge >= 0.3 is 12.1 Å². The van der Waals surface area contributed by atoms with Gasteiger partial charge in [-0.15, -0.1) is 0 Å². The molecule has 0 N–H and O–H groups in total. The van der Waals surface area contributed by atoms with Crippen LogP contribution >= 0.6 is 11.8 Å². The molecule has 0 radical (unpaired) electrons. The van der Waals surface area contributed by atoms with Gasteiger partial charge in [-0.3, -0.25) is 0 Å². The van der Waals surface area contributed by atoms with Gasteiger partial charge in [0, 0.05) is 11.5 Å². The van der Waals surface area contributed by atoms with E-state index in [9.17, 15) is 18.0 Å². The van der Waals surface area contributed by atoms with Crippen molar-refractivity contribution in [2.75, 3.05) is 31.3 Å². The van der Waals surface area contributed by atoms with Crippen molar-refractivity contribution in [1.29, 1.82) is 0 Å². The van der Waals surface area contributed by atoms with Crippen molar-refractivity contribution in [2.24, 2.45) is 0 Å². The third kappa shape index (κ3) is 5.28. The first kappa shape index (κ1) is 15.3. The van der Waals surface area contributed by atoms with E-state index in [4.69, 9.17) is 9.47 Å². The van der Waals surface area contributed by atoms with E-state index in [1.807, 2.05) is 0 Å². The Morgan fingerprint density at radius 2 is 2.17 bits per heavy atom. The molecule has 4 nitrogen and oxygen atoms in total. The number of ether oxygens (including phenoxy) is 3. The minimum Gasteiger partial charge on any atom is -0.460 e. The van der Waals surface area contributed by atoms with Gasteiger partial charge in [-0.25, -0.2) is 4.79 Å². The van der Waals surface area contributed by atoms with Crippen LogP contribution in [0.15, 0.2) is 12.2 Å². The van der Waals surface area contributed by atoms with Crippen molar-refractivity contribution in [3.8, 4) is 0 Å². The van der Waals surface area contributed by atoms with Crippen molar-refractivity contribution in [3.05, 3.63) is 12.2 Å². The van der Waals surface area contributed by atoms with Crippen LogP contribution in [0.1, 0.15) is 0 Å². The van der Waals surface area contributed by atoms with Crippen LogP contribution in [0.5, 0.6) is 0 Å². The summed E-state index contributed by atoms with van der Waals surface area (Å²) in [7, 11) is 0. The molecule has 1 rings (SSSR count). The number of carbonyl (C=O) groups excluding carboxylic acids is 1. The van der Waals surface area contributed by atoms with Gasteiger partial charge < -0.3 is 14.2 Å². The maximum atomic E-state index is 12.0. The molecule has 1 fully saturated rings. The van der Waals surface area contributed by atoms with E-state index in [0.717, 1.165) is 5.75 Å². The van der Waals surface area contributed by atoms with E-state index in [-0.39, 0.29) is 13.2 Å². The van der Waals surface area contributed by atoms with Crippen molar-refractivity contribution in [3.63, 3.8) is 0 Å². The van der Waals surface area contributed by atoms with E-state index < -0.39 is 24.0 Å². The number of esters is 1. The average Bonchev–Trinajstić information content (AvgIpc) is 2.33. The fourth-order valence-electron chi connectivity index (χ4n) is 1.08. The average molecular weight is 286 g/mol. The number of carbonyl (C=O) groups is 1. The zero-order valence-corrected chi connectivity index (χ0v) is 10.3. The van der Waals surface area contributed by atoms with E-state index in [2.05, 4.69) is 11.3 Å². The number of halogens is 3. The lowest BCUT2D eigenvalue weighted by Crippen LogP contribution is -2.28. The molecule has 18 heavy (non-hydrogen) atoms. The van der Waals surface area contributed by atoms with Crippen molar-refractivity contribution in [2.45, 2.75) is 12.5 Å². The summed E-state index contributed by atoms with van der Waals surface area (Å²) >= 11 is 1.65. The molecule has 8 heteroatoms. The molecular weight excluding hydrogens is 273 g/mol. The number of thioether (sulfide) groups is 1. The smallest absolute Gasteiger partial charge is 0.422 e. The molecule has 104 valence electrons. The highest BCUT2D eigenvalue weighted by atomic mass is 32.2. The predicted molar refractivity (Wildman–Crippen MR) is 59.2 cm³/mol. The Morgan fingerprint density at radius 1 is 1.44 bits per heavy atom. The first-order valence-electron chi connectivity index (χ1n) is 5.15. The van der Waals surface area contributed by atoms with Gasteiger partial charge in [0.05, 0.1) is 13.2 Å². The van der Waals surface area contributed by atoms with E-state index in [1.165, 1.54) is 0 Å². The second-order valence-electron chi connectivity index (χ2n) is 3.36. The monoisotopic (exact) mass is 286 g/mol. The van der Waals surface area contributed by atoms with Crippen LogP contribution in [0.25, 0.3) is 0 Å². The van der Waals surface area contributed by atoms with Gasteiger partial charge in [0.25, 0.3) is 0 Å². The molecule has 0 aromatic heterocycles. The molecule has 1 atom stereocenters. The van der Waals surface area contributed by atoms with E-state index >= 15 is 0 Å². The molecule has 1 aliphatic heterocycles. The summed E-state index contributed by atoms with van der Waals surface area (Å²) in [5, 5.41) is 0. The Kier molecular flexibility index (Phi) is 5.97. The van der Waals surface area contributed by atoms with Crippen LogP contribution in [0, 0.1) is 0 Å². The number of alkyl halides is 3. The molecule has 1 saturated heterocycles. The van der Waals surface area contributed by atoms with Crippen LogP contribution in [0.3, 0.4) is 0 Å². The third-order valence-electron chi connectivity index (χ3n) is 1.99. The van der Waals surface area contributed by atoms with Crippen molar-refractivity contribution < 1.29 is 32.2 Å². The molecule has 0 spiro atoms. The molecule has 1 heterocycles. The second-order valence-corrected chi connectivity index (χ2v) is 4.51. The SMILES string of the molecule is C=C(C(=O)OCCOC1CSCCO1)C(F)(F)F. The van der Waals surface area contributed by atoms with Crippen LogP contribution in [0.4, 0.5) is 13.2 Å². The molecule has 0 aliphatic carbocycles. The standard InChI is InChI=1S/C10H13F3O4S/c1-7(10(11,12)13)9(14)17-3-2-15-8-6-18-5-4-16-8/h8H,1-6H2. The summed E-state index contributed by atoms with van der Waals surface area (Å²) in [4.78, 5) is 10.9. The fraction of sp³-hybridized carbons (Fsp3) is 0.700.